The van der Waals surface area contributed by atoms with Crippen molar-refractivity contribution in [2.45, 2.75) is 34.6 Å². The van der Waals surface area contributed by atoms with Crippen molar-refractivity contribution < 1.29 is 4.39 Å². The Labute approximate surface area is 202 Å². The van der Waals surface area contributed by atoms with Gasteiger partial charge < -0.3 is 16.0 Å². The van der Waals surface area contributed by atoms with Gasteiger partial charge in [0, 0.05) is 42.7 Å². The Balaban J connectivity index is 1.77. The molecule has 3 rings (SSSR count). The van der Waals surface area contributed by atoms with Crippen LogP contribution in [-0.2, 0) is 0 Å². The molecule has 2 unspecified atom stereocenters. The van der Waals surface area contributed by atoms with Gasteiger partial charge in [-0.2, -0.15) is 0 Å². The molecule has 1 saturated heterocycles. The zero-order valence-corrected chi connectivity index (χ0v) is 21.1. The fraction of sp³-hybridized carbons (Fsp3) is 0.444. The van der Waals surface area contributed by atoms with Crippen molar-refractivity contribution in [1.29, 1.82) is 0 Å². The summed E-state index contributed by atoms with van der Waals surface area (Å²) in [4.78, 5) is 15.8. The van der Waals surface area contributed by atoms with Crippen LogP contribution in [0.15, 0.2) is 58.4 Å². The Morgan fingerprint density at radius 1 is 1.24 bits per heavy atom. The molecule has 0 bridgehead atoms. The van der Waals surface area contributed by atoms with Crippen LogP contribution in [-0.4, -0.2) is 43.2 Å². The highest BCUT2D eigenvalue weighted by Gasteiger charge is 2.26. The maximum atomic E-state index is 14.8. The standard InChI is InChI=1S/C27H37FN6/c1-7-23(28)27(20-8-10-24(29)22(12-20)26(30-6)17(2)3)33-16-32-25-11-9-21(13-31-25)34-14-18(4)19(5)15-34/h7-13,17-19H,14-16,29H2,1-6H3,(H,31,32)/b23-7+,30-26?,33-27?. The van der Waals surface area contributed by atoms with Gasteiger partial charge in [-0.25, -0.2) is 9.37 Å². The molecule has 34 heavy (non-hydrogen) atoms. The van der Waals surface area contributed by atoms with E-state index < -0.39 is 5.83 Å². The molecule has 0 aliphatic carbocycles. The SMILES string of the molecule is C/C=C(/F)C(=NCNc1ccc(N2CC(C)C(C)C2)cn1)c1ccc(N)c(C(=NC)C(C)C)c1. The van der Waals surface area contributed by atoms with Gasteiger partial charge in [0.15, 0.2) is 0 Å². The van der Waals surface area contributed by atoms with E-state index in [2.05, 4.69) is 58.9 Å². The van der Waals surface area contributed by atoms with Crippen LogP contribution in [0.25, 0.3) is 0 Å². The van der Waals surface area contributed by atoms with Gasteiger partial charge in [0.05, 0.1) is 11.9 Å². The van der Waals surface area contributed by atoms with Crippen molar-refractivity contribution in [2.24, 2.45) is 27.7 Å². The first kappa shape index (κ1) is 25.4. The molecule has 1 aromatic heterocycles. The highest BCUT2D eigenvalue weighted by molar-refractivity contribution is 6.14. The van der Waals surface area contributed by atoms with Crippen molar-refractivity contribution in [1.82, 2.24) is 4.98 Å². The topological polar surface area (TPSA) is 78.9 Å². The Kier molecular flexibility index (Phi) is 8.42. The highest BCUT2D eigenvalue weighted by atomic mass is 19.1. The van der Waals surface area contributed by atoms with Gasteiger partial charge in [0.25, 0.3) is 0 Å². The summed E-state index contributed by atoms with van der Waals surface area (Å²) in [5, 5.41) is 3.18. The molecule has 1 aromatic carbocycles. The molecule has 2 atom stereocenters. The quantitative estimate of drug-likeness (QED) is 0.396. The zero-order chi connectivity index (χ0) is 24.8. The lowest BCUT2D eigenvalue weighted by molar-refractivity contribution is 0.494. The highest BCUT2D eigenvalue weighted by Crippen LogP contribution is 2.27. The number of nitrogen functional groups attached to an aromatic ring is 1. The molecule has 6 nitrogen and oxygen atoms in total. The van der Waals surface area contributed by atoms with Gasteiger partial charge in [-0.05, 0) is 55.0 Å². The number of nitrogens with one attached hydrogen (secondary N) is 1. The van der Waals surface area contributed by atoms with Crippen molar-refractivity contribution >= 4 is 28.6 Å². The van der Waals surface area contributed by atoms with Gasteiger partial charge in [-0.15, -0.1) is 0 Å². The summed E-state index contributed by atoms with van der Waals surface area (Å²) < 4.78 is 14.8. The number of aliphatic imine (C=N–C) groups is 2. The monoisotopic (exact) mass is 464 g/mol. The van der Waals surface area contributed by atoms with E-state index in [1.165, 1.54) is 6.08 Å². The molecule has 1 aliphatic rings. The minimum atomic E-state index is -0.391. The van der Waals surface area contributed by atoms with Gasteiger partial charge in [-0.3, -0.25) is 9.98 Å². The minimum absolute atomic E-state index is 0.192. The summed E-state index contributed by atoms with van der Waals surface area (Å²) in [6.07, 6.45) is 3.30. The predicted octanol–water partition coefficient (Wildman–Crippen LogP) is 5.56. The summed E-state index contributed by atoms with van der Waals surface area (Å²) >= 11 is 0. The van der Waals surface area contributed by atoms with Gasteiger partial charge in [0.1, 0.15) is 24.0 Å². The van der Waals surface area contributed by atoms with Crippen LogP contribution < -0.4 is 16.0 Å². The lowest BCUT2D eigenvalue weighted by atomic mass is 9.95. The summed E-state index contributed by atoms with van der Waals surface area (Å²) in [6.45, 7) is 12.6. The molecule has 0 saturated carbocycles. The summed E-state index contributed by atoms with van der Waals surface area (Å²) in [5.41, 5.74) is 10.6. The average molecular weight is 465 g/mol. The van der Waals surface area contributed by atoms with Gasteiger partial charge in [0.2, 0.25) is 0 Å². The first-order valence-corrected chi connectivity index (χ1v) is 11.9. The van der Waals surface area contributed by atoms with E-state index in [4.69, 9.17) is 5.73 Å². The Hall–Kier alpha value is -3.22. The number of rotatable bonds is 8. The largest absolute Gasteiger partial charge is 0.398 e. The summed E-state index contributed by atoms with van der Waals surface area (Å²) in [5.74, 6) is 1.86. The Morgan fingerprint density at radius 2 is 1.94 bits per heavy atom. The van der Waals surface area contributed by atoms with E-state index in [1.807, 2.05) is 18.3 Å². The molecular weight excluding hydrogens is 427 g/mol. The molecular formula is C27H37FN6. The third-order valence-corrected chi connectivity index (χ3v) is 6.47. The maximum absolute atomic E-state index is 14.8. The molecule has 0 radical (unpaired) electrons. The molecule has 1 aliphatic heterocycles. The van der Waals surface area contributed by atoms with Crippen molar-refractivity contribution in [2.75, 3.05) is 42.8 Å². The smallest absolute Gasteiger partial charge is 0.144 e. The third-order valence-electron chi connectivity index (χ3n) is 6.47. The van der Waals surface area contributed by atoms with Crippen LogP contribution in [0.3, 0.4) is 0 Å². The van der Waals surface area contributed by atoms with E-state index >= 15 is 0 Å². The molecule has 7 heteroatoms. The first-order valence-electron chi connectivity index (χ1n) is 11.9. The number of aromatic nitrogens is 1. The number of halogens is 1. The molecule has 2 heterocycles. The van der Waals surface area contributed by atoms with Crippen molar-refractivity contribution in [3.8, 4) is 0 Å². The van der Waals surface area contributed by atoms with Crippen LogP contribution in [0.1, 0.15) is 45.7 Å². The average Bonchev–Trinajstić information content (AvgIpc) is 3.16. The molecule has 1 fully saturated rings. The number of hydrogen-bond acceptors (Lipinski definition) is 6. The fourth-order valence-electron chi connectivity index (χ4n) is 4.27. The van der Waals surface area contributed by atoms with Gasteiger partial charge >= 0.3 is 0 Å². The van der Waals surface area contributed by atoms with E-state index in [9.17, 15) is 4.39 Å². The second kappa shape index (κ2) is 11.3. The molecule has 3 N–H and O–H groups in total. The van der Waals surface area contributed by atoms with E-state index in [0.717, 1.165) is 30.1 Å². The van der Waals surface area contributed by atoms with E-state index in [-0.39, 0.29) is 18.3 Å². The van der Waals surface area contributed by atoms with Crippen LogP contribution >= 0.6 is 0 Å². The lowest BCUT2D eigenvalue weighted by Crippen LogP contribution is -2.19. The van der Waals surface area contributed by atoms with Crippen LogP contribution in [0.5, 0.6) is 0 Å². The van der Waals surface area contributed by atoms with Crippen LogP contribution in [0, 0.1) is 17.8 Å². The summed E-state index contributed by atoms with van der Waals surface area (Å²) in [7, 11) is 1.75. The molecule has 0 amide bonds. The molecule has 2 aromatic rings. The van der Waals surface area contributed by atoms with Crippen molar-refractivity contribution in [3.63, 3.8) is 0 Å². The maximum Gasteiger partial charge on any atom is 0.144 e. The molecule has 182 valence electrons. The second-order valence-corrected chi connectivity index (χ2v) is 9.30. The Morgan fingerprint density at radius 3 is 2.50 bits per heavy atom. The third kappa shape index (κ3) is 5.82. The van der Waals surface area contributed by atoms with Crippen LogP contribution in [0.2, 0.25) is 0 Å². The number of anilines is 3. The number of nitrogens with zero attached hydrogens (tertiary/aromatic N) is 4. The lowest BCUT2D eigenvalue weighted by Gasteiger charge is -2.18. The number of pyridine rings is 1. The van der Waals surface area contributed by atoms with E-state index in [0.29, 0.717) is 28.9 Å². The minimum Gasteiger partial charge on any atom is -0.398 e. The zero-order valence-electron chi connectivity index (χ0n) is 21.1. The normalized spacial score (nSPS) is 19.8. The van der Waals surface area contributed by atoms with Crippen molar-refractivity contribution in [3.05, 3.63) is 59.6 Å². The predicted molar refractivity (Wildman–Crippen MR) is 143 cm³/mol. The number of hydrogen-bond donors (Lipinski definition) is 2. The summed E-state index contributed by atoms with van der Waals surface area (Å²) in [6, 6.07) is 9.45. The molecule has 0 spiro atoms. The number of nitrogens with two attached hydrogens (primary N) is 1. The number of benzene rings is 1. The fourth-order valence-corrected chi connectivity index (χ4v) is 4.27. The van der Waals surface area contributed by atoms with Gasteiger partial charge in [-0.1, -0.05) is 33.8 Å². The Bertz CT molecular complexity index is 1060. The first-order chi connectivity index (χ1) is 16.2. The van der Waals surface area contributed by atoms with E-state index in [1.54, 1.807) is 26.1 Å². The number of allylic oxidation sites excluding steroid dienone is 2. The van der Waals surface area contributed by atoms with Crippen LogP contribution in [0.4, 0.5) is 21.6 Å². The second-order valence-electron chi connectivity index (χ2n) is 9.30.